The number of nitrogens with one attached hydrogen (secondary N) is 1. The Balaban J connectivity index is 2.86. The van der Waals surface area contributed by atoms with E-state index in [0.29, 0.717) is 12.0 Å². The number of amides is 1. The molecular formula is C13H17F3N2O. The van der Waals surface area contributed by atoms with Gasteiger partial charge >= 0.3 is 6.18 Å². The van der Waals surface area contributed by atoms with Gasteiger partial charge in [-0.3, -0.25) is 4.79 Å². The average Bonchev–Trinajstić information content (AvgIpc) is 2.30. The van der Waals surface area contributed by atoms with Gasteiger partial charge in [0.1, 0.15) is 0 Å². The van der Waals surface area contributed by atoms with Crippen LogP contribution in [0.4, 0.5) is 18.9 Å². The summed E-state index contributed by atoms with van der Waals surface area (Å²) in [6.07, 6.45) is -3.70. The monoisotopic (exact) mass is 274 g/mol. The van der Waals surface area contributed by atoms with Gasteiger partial charge in [-0.25, -0.2) is 0 Å². The first kappa shape index (κ1) is 15.5. The molecule has 0 heterocycles. The zero-order valence-electron chi connectivity index (χ0n) is 10.8. The SMILES string of the molecule is CCC(N)CC(=O)Nc1cc(C(F)(F)F)ccc1C. The number of carbonyl (C=O) groups is 1. The second-order valence-electron chi connectivity index (χ2n) is 4.45. The van der Waals surface area contributed by atoms with Crippen LogP contribution in [0.3, 0.4) is 0 Å². The molecule has 0 radical (unpaired) electrons. The number of nitrogens with two attached hydrogens (primary N) is 1. The molecule has 1 amide bonds. The van der Waals surface area contributed by atoms with Crippen molar-refractivity contribution >= 4 is 11.6 Å². The van der Waals surface area contributed by atoms with Crippen molar-refractivity contribution in [2.75, 3.05) is 5.32 Å². The van der Waals surface area contributed by atoms with Crippen LogP contribution in [0.5, 0.6) is 0 Å². The summed E-state index contributed by atoms with van der Waals surface area (Å²) in [5.74, 6) is -0.378. The maximum atomic E-state index is 12.6. The highest BCUT2D eigenvalue weighted by Gasteiger charge is 2.30. The zero-order valence-corrected chi connectivity index (χ0v) is 10.8. The fraction of sp³-hybridized carbons (Fsp3) is 0.462. The van der Waals surface area contributed by atoms with Crippen LogP contribution in [0.1, 0.15) is 30.9 Å². The Kier molecular flexibility index (Phi) is 4.94. The lowest BCUT2D eigenvalue weighted by molar-refractivity contribution is -0.137. The summed E-state index contributed by atoms with van der Waals surface area (Å²) in [6.45, 7) is 3.48. The second kappa shape index (κ2) is 6.06. The van der Waals surface area contributed by atoms with Crippen molar-refractivity contribution < 1.29 is 18.0 Å². The molecule has 106 valence electrons. The number of hydrogen-bond acceptors (Lipinski definition) is 2. The molecule has 0 aliphatic heterocycles. The van der Waals surface area contributed by atoms with Crippen molar-refractivity contribution in [3.05, 3.63) is 29.3 Å². The van der Waals surface area contributed by atoms with Crippen LogP contribution in [0.25, 0.3) is 0 Å². The third-order valence-electron chi connectivity index (χ3n) is 2.81. The van der Waals surface area contributed by atoms with E-state index in [1.807, 2.05) is 6.92 Å². The smallest absolute Gasteiger partial charge is 0.327 e. The second-order valence-corrected chi connectivity index (χ2v) is 4.45. The predicted molar refractivity (Wildman–Crippen MR) is 67.7 cm³/mol. The van der Waals surface area contributed by atoms with Gasteiger partial charge in [0.15, 0.2) is 0 Å². The zero-order chi connectivity index (χ0) is 14.6. The molecule has 0 spiro atoms. The standard InChI is InChI=1S/C13H17F3N2O/c1-3-10(17)7-12(19)18-11-6-9(13(14,15)16)5-4-8(11)2/h4-6,10H,3,7,17H2,1-2H3,(H,18,19). The molecule has 19 heavy (non-hydrogen) atoms. The highest BCUT2D eigenvalue weighted by molar-refractivity contribution is 5.92. The van der Waals surface area contributed by atoms with Crippen molar-refractivity contribution in [3.8, 4) is 0 Å². The summed E-state index contributed by atoms with van der Waals surface area (Å²) in [5, 5.41) is 2.47. The minimum atomic E-state index is -4.42. The minimum Gasteiger partial charge on any atom is -0.327 e. The Bertz CT molecular complexity index is 458. The summed E-state index contributed by atoms with van der Waals surface area (Å²) in [5.41, 5.74) is 5.58. The van der Waals surface area contributed by atoms with Gasteiger partial charge in [0.05, 0.1) is 5.56 Å². The fourth-order valence-corrected chi connectivity index (χ4v) is 1.52. The number of aryl methyl sites for hydroxylation is 1. The normalized spacial score (nSPS) is 13.2. The fourth-order valence-electron chi connectivity index (χ4n) is 1.52. The van der Waals surface area contributed by atoms with Crippen molar-refractivity contribution in [2.45, 2.75) is 38.9 Å². The van der Waals surface area contributed by atoms with E-state index in [9.17, 15) is 18.0 Å². The number of benzene rings is 1. The molecule has 0 saturated heterocycles. The summed E-state index contributed by atoms with van der Waals surface area (Å²) >= 11 is 0. The molecule has 6 heteroatoms. The Morgan fingerprint density at radius 3 is 2.58 bits per heavy atom. The molecule has 0 aliphatic rings. The molecule has 0 saturated carbocycles. The number of anilines is 1. The van der Waals surface area contributed by atoms with Gasteiger partial charge in [0.2, 0.25) is 5.91 Å². The lowest BCUT2D eigenvalue weighted by atomic mass is 10.1. The van der Waals surface area contributed by atoms with E-state index in [0.717, 1.165) is 12.1 Å². The lowest BCUT2D eigenvalue weighted by Gasteiger charge is -2.14. The van der Waals surface area contributed by atoms with Crippen molar-refractivity contribution in [1.82, 2.24) is 0 Å². The minimum absolute atomic E-state index is 0.0895. The average molecular weight is 274 g/mol. The molecule has 0 aromatic heterocycles. The van der Waals surface area contributed by atoms with Crippen LogP contribution >= 0.6 is 0 Å². The van der Waals surface area contributed by atoms with Gasteiger partial charge < -0.3 is 11.1 Å². The number of hydrogen-bond donors (Lipinski definition) is 2. The first-order chi connectivity index (χ1) is 8.74. The highest BCUT2D eigenvalue weighted by atomic mass is 19.4. The molecule has 1 unspecified atom stereocenters. The van der Waals surface area contributed by atoms with E-state index in [-0.39, 0.29) is 24.1 Å². The Labute approximate surface area is 110 Å². The van der Waals surface area contributed by atoms with Gasteiger partial charge in [-0.2, -0.15) is 13.2 Å². The lowest BCUT2D eigenvalue weighted by Crippen LogP contribution is -2.26. The molecule has 0 fully saturated rings. The number of alkyl halides is 3. The maximum Gasteiger partial charge on any atom is 0.416 e. The number of rotatable bonds is 4. The Hall–Kier alpha value is -1.56. The summed E-state index contributed by atoms with van der Waals surface area (Å²) in [6, 6.07) is 2.97. The molecular weight excluding hydrogens is 257 g/mol. The first-order valence-corrected chi connectivity index (χ1v) is 5.97. The maximum absolute atomic E-state index is 12.6. The Morgan fingerprint density at radius 2 is 2.05 bits per heavy atom. The largest absolute Gasteiger partial charge is 0.416 e. The van der Waals surface area contributed by atoms with E-state index in [2.05, 4.69) is 5.32 Å². The molecule has 0 aliphatic carbocycles. The predicted octanol–water partition coefficient (Wildman–Crippen LogP) is 3.08. The molecule has 1 rings (SSSR count). The summed E-state index contributed by atoms with van der Waals surface area (Å²) in [7, 11) is 0. The van der Waals surface area contributed by atoms with Crippen molar-refractivity contribution in [1.29, 1.82) is 0 Å². The molecule has 0 bridgehead atoms. The van der Waals surface area contributed by atoms with Crippen LogP contribution in [0.15, 0.2) is 18.2 Å². The highest BCUT2D eigenvalue weighted by Crippen LogP contribution is 2.32. The van der Waals surface area contributed by atoms with Gasteiger partial charge in [-0.1, -0.05) is 13.0 Å². The first-order valence-electron chi connectivity index (χ1n) is 5.97. The summed E-state index contributed by atoms with van der Waals surface area (Å²) in [4.78, 5) is 11.6. The van der Waals surface area contributed by atoms with Crippen molar-refractivity contribution in [2.24, 2.45) is 5.73 Å². The molecule has 1 aromatic rings. The third kappa shape index (κ3) is 4.55. The van der Waals surface area contributed by atoms with Gasteiger partial charge in [0, 0.05) is 18.2 Å². The molecule has 1 atom stereocenters. The van der Waals surface area contributed by atoms with Crippen LogP contribution in [0.2, 0.25) is 0 Å². The van der Waals surface area contributed by atoms with Crippen molar-refractivity contribution in [3.63, 3.8) is 0 Å². The van der Waals surface area contributed by atoms with Gasteiger partial charge in [0.25, 0.3) is 0 Å². The van der Waals surface area contributed by atoms with Crippen LogP contribution in [0, 0.1) is 6.92 Å². The summed E-state index contributed by atoms with van der Waals surface area (Å²) < 4.78 is 37.7. The van der Waals surface area contributed by atoms with E-state index < -0.39 is 11.7 Å². The third-order valence-corrected chi connectivity index (χ3v) is 2.81. The molecule has 1 aromatic carbocycles. The van der Waals surface area contributed by atoms with Crippen LogP contribution < -0.4 is 11.1 Å². The van der Waals surface area contributed by atoms with E-state index in [4.69, 9.17) is 5.73 Å². The quantitative estimate of drug-likeness (QED) is 0.886. The van der Waals surface area contributed by atoms with Crippen LogP contribution in [-0.2, 0) is 11.0 Å². The topological polar surface area (TPSA) is 55.1 Å². The van der Waals surface area contributed by atoms with E-state index >= 15 is 0 Å². The van der Waals surface area contributed by atoms with E-state index in [1.54, 1.807) is 6.92 Å². The van der Waals surface area contributed by atoms with Gasteiger partial charge in [-0.05, 0) is 31.0 Å². The molecule has 3 nitrogen and oxygen atoms in total. The number of carbonyl (C=O) groups excluding carboxylic acids is 1. The molecule has 3 N–H and O–H groups in total. The van der Waals surface area contributed by atoms with Gasteiger partial charge in [-0.15, -0.1) is 0 Å². The Morgan fingerprint density at radius 1 is 1.42 bits per heavy atom. The number of halogens is 3. The van der Waals surface area contributed by atoms with E-state index in [1.165, 1.54) is 6.07 Å². The van der Waals surface area contributed by atoms with Crippen LogP contribution in [-0.4, -0.2) is 11.9 Å².